The molecule has 2 heterocycles. The van der Waals surface area contributed by atoms with E-state index in [4.69, 9.17) is 16.9 Å². The molecule has 1 aliphatic heterocycles. The monoisotopic (exact) mass is 376 g/mol. The number of carbonyl (C=O) groups is 1. The maximum absolute atomic E-state index is 12.8. The molecule has 3 aromatic rings. The van der Waals surface area contributed by atoms with E-state index >= 15 is 0 Å². The van der Waals surface area contributed by atoms with Crippen LogP contribution in [0.4, 0.5) is 0 Å². The van der Waals surface area contributed by atoms with Gasteiger partial charge in [-0.2, -0.15) is 10.4 Å². The van der Waals surface area contributed by atoms with Crippen molar-refractivity contribution in [1.29, 1.82) is 5.26 Å². The smallest absolute Gasteiger partial charge is 0.253 e. The molecule has 0 aliphatic carbocycles. The molecule has 4 rings (SSSR count). The summed E-state index contributed by atoms with van der Waals surface area (Å²) in [6, 6.07) is 15.3. The Morgan fingerprint density at radius 3 is 2.63 bits per heavy atom. The number of aromatic amines is 1. The van der Waals surface area contributed by atoms with Crippen molar-refractivity contribution in [3.63, 3.8) is 0 Å². The lowest BCUT2D eigenvalue weighted by Crippen LogP contribution is -2.48. The van der Waals surface area contributed by atoms with Gasteiger partial charge in [-0.1, -0.05) is 29.8 Å². The Hall–Kier alpha value is -3.10. The van der Waals surface area contributed by atoms with Gasteiger partial charge in [0.15, 0.2) is 0 Å². The van der Waals surface area contributed by atoms with E-state index in [0.29, 0.717) is 35.2 Å². The second-order valence-electron chi connectivity index (χ2n) is 6.76. The first-order chi connectivity index (χ1) is 13.1. The first-order valence-corrected chi connectivity index (χ1v) is 9.04. The Balaban J connectivity index is 1.50. The number of aromatic nitrogens is 2. The number of nitrogens with one attached hydrogen (secondary N) is 1. The second kappa shape index (κ2) is 6.90. The van der Waals surface area contributed by atoms with Crippen LogP contribution in [0.25, 0.3) is 11.3 Å². The molecule has 0 radical (unpaired) electrons. The topological polar surface area (TPSA) is 72.8 Å². The standard InChI is InChI=1S/C21H17ClN4O/c1-13-2-5-16(8-18(13)20-19(22)10-24-25-20)21(27)26-11-17(12-26)15-6-3-14(9-23)4-7-15/h2-8,10,17H,11-12H2,1H3,(H,24,25). The number of likely N-dealkylation sites (tertiary alicyclic amines) is 1. The van der Waals surface area contributed by atoms with Gasteiger partial charge in [0.2, 0.25) is 0 Å². The van der Waals surface area contributed by atoms with Crippen LogP contribution in [-0.4, -0.2) is 34.1 Å². The lowest BCUT2D eigenvalue weighted by molar-refractivity contribution is 0.0602. The van der Waals surface area contributed by atoms with E-state index in [9.17, 15) is 4.79 Å². The van der Waals surface area contributed by atoms with Gasteiger partial charge in [-0.15, -0.1) is 0 Å². The molecule has 0 atom stereocenters. The predicted molar refractivity (Wildman–Crippen MR) is 104 cm³/mol. The largest absolute Gasteiger partial charge is 0.337 e. The van der Waals surface area contributed by atoms with Crippen molar-refractivity contribution in [2.45, 2.75) is 12.8 Å². The summed E-state index contributed by atoms with van der Waals surface area (Å²) in [5, 5.41) is 16.3. The Morgan fingerprint density at radius 1 is 1.26 bits per heavy atom. The average Bonchev–Trinajstić information content (AvgIpc) is 3.07. The minimum Gasteiger partial charge on any atom is -0.337 e. The summed E-state index contributed by atoms with van der Waals surface area (Å²) in [6.45, 7) is 3.34. The molecule has 6 heteroatoms. The van der Waals surface area contributed by atoms with Crippen LogP contribution in [0.1, 0.15) is 33.0 Å². The molecule has 5 nitrogen and oxygen atoms in total. The summed E-state index contributed by atoms with van der Waals surface area (Å²) in [5.74, 6) is 0.324. The lowest BCUT2D eigenvalue weighted by Gasteiger charge is -2.39. The lowest BCUT2D eigenvalue weighted by atomic mass is 9.90. The molecule has 1 fully saturated rings. The normalized spacial score (nSPS) is 13.9. The SMILES string of the molecule is Cc1ccc(C(=O)N2CC(c3ccc(C#N)cc3)C2)cc1-c1[nH]ncc1Cl. The van der Waals surface area contributed by atoms with E-state index in [1.807, 2.05) is 54.3 Å². The molecule has 1 aliphatic rings. The molecule has 1 amide bonds. The summed E-state index contributed by atoms with van der Waals surface area (Å²) < 4.78 is 0. The van der Waals surface area contributed by atoms with Crippen molar-refractivity contribution in [1.82, 2.24) is 15.1 Å². The molecule has 0 bridgehead atoms. The summed E-state index contributed by atoms with van der Waals surface area (Å²) >= 11 is 6.18. The maximum atomic E-state index is 12.8. The number of rotatable bonds is 3. The number of nitriles is 1. The number of carbonyl (C=O) groups excluding carboxylic acids is 1. The zero-order valence-corrected chi connectivity index (χ0v) is 15.5. The highest BCUT2D eigenvalue weighted by molar-refractivity contribution is 6.33. The highest BCUT2D eigenvalue weighted by atomic mass is 35.5. The third-order valence-electron chi connectivity index (χ3n) is 5.03. The highest BCUT2D eigenvalue weighted by Gasteiger charge is 2.32. The maximum Gasteiger partial charge on any atom is 0.253 e. The van der Waals surface area contributed by atoms with E-state index in [0.717, 1.165) is 22.4 Å². The predicted octanol–water partition coefficient (Wildman–Crippen LogP) is 4.15. The molecule has 0 saturated carbocycles. The van der Waals surface area contributed by atoms with Gasteiger partial charge in [-0.25, -0.2) is 0 Å². The van der Waals surface area contributed by atoms with Crippen LogP contribution in [0.15, 0.2) is 48.7 Å². The van der Waals surface area contributed by atoms with Crippen molar-refractivity contribution in [3.05, 3.63) is 75.9 Å². The average molecular weight is 377 g/mol. The second-order valence-corrected chi connectivity index (χ2v) is 7.17. The fourth-order valence-electron chi connectivity index (χ4n) is 3.35. The van der Waals surface area contributed by atoms with Crippen LogP contribution < -0.4 is 0 Å². The van der Waals surface area contributed by atoms with Gasteiger partial charge in [0, 0.05) is 30.1 Å². The van der Waals surface area contributed by atoms with E-state index in [1.165, 1.54) is 0 Å². The van der Waals surface area contributed by atoms with Gasteiger partial charge in [0.1, 0.15) is 0 Å². The zero-order chi connectivity index (χ0) is 19.0. The van der Waals surface area contributed by atoms with E-state index in [-0.39, 0.29) is 5.91 Å². The van der Waals surface area contributed by atoms with Crippen molar-refractivity contribution in [3.8, 4) is 17.3 Å². The molecule has 2 aromatic carbocycles. The van der Waals surface area contributed by atoms with Crippen molar-refractivity contribution < 1.29 is 4.79 Å². The third kappa shape index (κ3) is 3.20. The highest BCUT2D eigenvalue weighted by Crippen LogP contribution is 2.31. The summed E-state index contributed by atoms with van der Waals surface area (Å²) in [4.78, 5) is 14.7. The summed E-state index contributed by atoms with van der Waals surface area (Å²) in [6.07, 6.45) is 1.56. The van der Waals surface area contributed by atoms with Crippen LogP contribution in [0, 0.1) is 18.3 Å². The van der Waals surface area contributed by atoms with Crippen molar-refractivity contribution in [2.75, 3.05) is 13.1 Å². The molecular formula is C21H17ClN4O. The molecule has 134 valence electrons. The van der Waals surface area contributed by atoms with Crippen molar-refractivity contribution in [2.24, 2.45) is 0 Å². The zero-order valence-electron chi connectivity index (χ0n) is 14.7. The first kappa shape index (κ1) is 17.3. The molecule has 1 N–H and O–H groups in total. The molecule has 1 saturated heterocycles. The fraction of sp³-hybridized carbons (Fsp3) is 0.190. The third-order valence-corrected chi connectivity index (χ3v) is 5.31. The van der Waals surface area contributed by atoms with Crippen LogP contribution in [0.3, 0.4) is 0 Å². The van der Waals surface area contributed by atoms with Gasteiger partial charge >= 0.3 is 0 Å². The summed E-state index contributed by atoms with van der Waals surface area (Å²) in [7, 11) is 0. The molecule has 1 aromatic heterocycles. The minimum atomic E-state index is 0.0109. The number of aryl methyl sites for hydroxylation is 1. The van der Waals surface area contributed by atoms with E-state index < -0.39 is 0 Å². The van der Waals surface area contributed by atoms with Crippen LogP contribution in [0.2, 0.25) is 5.02 Å². The Morgan fingerprint density at radius 2 is 2.00 bits per heavy atom. The molecule has 27 heavy (non-hydrogen) atoms. The van der Waals surface area contributed by atoms with Crippen LogP contribution in [-0.2, 0) is 0 Å². The van der Waals surface area contributed by atoms with Gasteiger partial charge in [-0.3, -0.25) is 9.89 Å². The molecule has 0 spiro atoms. The number of hydrogen-bond donors (Lipinski definition) is 1. The minimum absolute atomic E-state index is 0.0109. The van der Waals surface area contributed by atoms with Gasteiger partial charge in [-0.05, 0) is 42.3 Å². The van der Waals surface area contributed by atoms with E-state index in [1.54, 1.807) is 6.20 Å². The number of hydrogen-bond acceptors (Lipinski definition) is 3. The Bertz CT molecular complexity index is 1040. The summed E-state index contributed by atoms with van der Waals surface area (Å²) in [5.41, 5.74) is 5.08. The number of benzene rings is 2. The Labute approximate surface area is 162 Å². The molecule has 0 unspecified atom stereocenters. The van der Waals surface area contributed by atoms with Gasteiger partial charge in [0.25, 0.3) is 5.91 Å². The van der Waals surface area contributed by atoms with Gasteiger partial charge < -0.3 is 4.90 Å². The van der Waals surface area contributed by atoms with E-state index in [2.05, 4.69) is 16.3 Å². The number of halogens is 1. The van der Waals surface area contributed by atoms with Crippen molar-refractivity contribution >= 4 is 17.5 Å². The van der Waals surface area contributed by atoms with Crippen LogP contribution in [0.5, 0.6) is 0 Å². The van der Waals surface area contributed by atoms with Gasteiger partial charge in [0.05, 0.1) is 28.5 Å². The quantitative estimate of drug-likeness (QED) is 0.746. The molecular weight excluding hydrogens is 360 g/mol. The number of amides is 1. The Kier molecular flexibility index (Phi) is 4.43. The number of H-pyrrole nitrogens is 1. The first-order valence-electron chi connectivity index (χ1n) is 8.66. The fourth-order valence-corrected chi connectivity index (χ4v) is 3.55. The number of nitrogens with zero attached hydrogens (tertiary/aromatic N) is 3. The van der Waals surface area contributed by atoms with Crippen LogP contribution >= 0.6 is 11.6 Å².